The van der Waals surface area contributed by atoms with Crippen molar-refractivity contribution in [2.45, 2.75) is 38.8 Å². The van der Waals surface area contributed by atoms with E-state index < -0.39 is 4.92 Å². The van der Waals surface area contributed by atoms with Crippen molar-refractivity contribution in [2.75, 3.05) is 25.5 Å². The standard InChI is InChI=1S/C16H24N4O3/c1-4-19-9-8-14(10-12(19)2)18(3)16(21)17-13-6-5-7-15(11-13)20(22)23/h5-7,11-12,14H,4,8-10H2,1-3H3,(H,17,21)/t12-,14+/m0/s1. The van der Waals surface area contributed by atoms with Gasteiger partial charge in [0, 0.05) is 43.5 Å². The number of benzene rings is 1. The molecule has 1 aromatic rings. The smallest absolute Gasteiger partial charge is 0.321 e. The lowest BCUT2D eigenvalue weighted by Crippen LogP contribution is -2.50. The molecule has 0 aliphatic carbocycles. The third kappa shape index (κ3) is 4.19. The fourth-order valence-electron chi connectivity index (χ4n) is 3.09. The summed E-state index contributed by atoms with van der Waals surface area (Å²) in [5.41, 5.74) is 0.408. The van der Waals surface area contributed by atoms with Crippen molar-refractivity contribution in [3.63, 3.8) is 0 Å². The molecule has 7 nitrogen and oxygen atoms in total. The molecule has 0 spiro atoms. The van der Waals surface area contributed by atoms with E-state index in [-0.39, 0.29) is 17.8 Å². The molecule has 1 fully saturated rings. The quantitative estimate of drug-likeness (QED) is 0.683. The van der Waals surface area contributed by atoms with E-state index in [9.17, 15) is 14.9 Å². The third-order valence-electron chi connectivity index (χ3n) is 4.57. The van der Waals surface area contributed by atoms with Crippen LogP contribution in [0.15, 0.2) is 24.3 Å². The number of non-ortho nitro benzene ring substituents is 1. The van der Waals surface area contributed by atoms with Gasteiger partial charge in [0.1, 0.15) is 0 Å². The Morgan fingerprint density at radius 1 is 1.52 bits per heavy atom. The number of nitrogens with zero attached hydrogens (tertiary/aromatic N) is 3. The number of nitro groups is 1. The van der Waals surface area contributed by atoms with Gasteiger partial charge in [0.15, 0.2) is 0 Å². The molecule has 2 rings (SSSR count). The predicted molar refractivity (Wildman–Crippen MR) is 89.6 cm³/mol. The van der Waals surface area contributed by atoms with Crippen LogP contribution >= 0.6 is 0 Å². The first-order valence-corrected chi connectivity index (χ1v) is 7.94. The number of rotatable bonds is 4. The molecule has 7 heteroatoms. The first-order valence-electron chi connectivity index (χ1n) is 7.94. The van der Waals surface area contributed by atoms with Gasteiger partial charge in [-0.2, -0.15) is 0 Å². The number of anilines is 1. The summed E-state index contributed by atoms with van der Waals surface area (Å²) in [4.78, 5) is 26.8. The molecule has 0 saturated carbocycles. The Balaban J connectivity index is 1.98. The van der Waals surface area contributed by atoms with Crippen LogP contribution in [0.5, 0.6) is 0 Å². The second-order valence-electron chi connectivity index (χ2n) is 6.00. The Hall–Kier alpha value is -2.15. The normalized spacial score (nSPS) is 21.7. The van der Waals surface area contributed by atoms with E-state index in [1.165, 1.54) is 12.1 Å². The lowest BCUT2D eigenvalue weighted by atomic mass is 9.97. The van der Waals surface area contributed by atoms with Crippen LogP contribution < -0.4 is 5.32 Å². The summed E-state index contributed by atoms with van der Waals surface area (Å²) in [6, 6.07) is 6.40. The molecule has 1 N–H and O–H groups in total. The molecule has 1 aromatic carbocycles. The van der Waals surface area contributed by atoms with Crippen LogP contribution in [-0.4, -0.2) is 53.0 Å². The van der Waals surface area contributed by atoms with Gasteiger partial charge in [0.2, 0.25) is 0 Å². The second-order valence-corrected chi connectivity index (χ2v) is 6.00. The van der Waals surface area contributed by atoms with Crippen molar-refractivity contribution in [1.29, 1.82) is 0 Å². The van der Waals surface area contributed by atoms with Gasteiger partial charge in [0.05, 0.1) is 4.92 Å². The molecule has 1 heterocycles. The van der Waals surface area contributed by atoms with Gasteiger partial charge in [-0.15, -0.1) is 0 Å². The first-order chi connectivity index (χ1) is 10.9. The molecule has 0 aromatic heterocycles. The Kier molecular flexibility index (Phi) is 5.54. The molecule has 1 aliphatic heterocycles. The number of likely N-dealkylation sites (tertiary alicyclic amines) is 1. The van der Waals surface area contributed by atoms with Crippen LogP contribution in [0.2, 0.25) is 0 Å². The molecule has 2 amide bonds. The molecular weight excluding hydrogens is 296 g/mol. The lowest BCUT2D eigenvalue weighted by Gasteiger charge is -2.40. The minimum Gasteiger partial charge on any atom is -0.325 e. The van der Waals surface area contributed by atoms with E-state index in [1.807, 2.05) is 0 Å². The monoisotopic (exact) mass is 320 g/mol. The zero-order valence-corrected chi connectivity index (χ0v) is 13.9. The van der Waals surface area contributed by atoms with E-state index in [0.29, 0.717) is 11.7 Å². The number of nitro benzene ring substituents is 1. The van der Waals surface area contributed by atoms with Gasteiger partial charge in [-0.3, -0.25) is 10.1 Å². The maximum atomic E-state index is 12.4. The van der Waals surface area contributed by atoms with E-state index >= 15 is 0 Å². The summed E-state index contributed by atoms with van der Waals surface area (Å²) < 4.78 is 0. The summed E-state index contributed by atoms with van der Waals surface area (Å²) in [5.74, 6) is 0. The van der Waals surface area contributed by atoms with E-state index in [2.05, 4.69) is 24.1 Å². The second kappa shape index (κ2) is 7.41. The van der Waals surface area contributed by atoms with E-state index in [1.54, 1.807) is 24.1 Å². The number of carbonyl (C=O) groups is 1. The van der Waals surface area contributed by atoms with Gasteiger partial charge < -0.3 is 15.1 Å². The number of piperidine rings is 1. The van der Waals surface area contributed by atoms with Crippen molar-refractivity contribution >= 4 is 17.4 Å². The fourth-order valence-corrected chi connectivity index (χ4v) is 3.09. The van der Waals surface area contributed by atoms with Gasteiger partial charge in [-0.1, -0.05) is 13.0 Å². The number of hydrogen-bond acceptors (Lipinski definition) is 4. The fraction of sp³-hybridized carbons (Fsp3) is 0.562. The predicted octanol–water partition coefficient (Wildman–Crippen LogP) is 2.93. The molecule has 1 aliphatic rings. The van der Waals surface area contributed by atoms with Crippen molar-refractivity contribution in [1.82, 2.24) is 9.80 Å². The third-order valence-corrected chi connectivity index (χ3v) is 4.57. The maximum Gasteiger partial charge on any atom is 0.321 e. The maximum absolute atomic E-state index is 12.4. The number of hydrogen-bond donors (Lipinski definition) is 1. The van der Waals surface area contributed by atoms with E-state index in [4.69, 9.17) is 0 Å². The zero-order valence-electron chi connectivity index (χ0n) is 13.9. The number of nitrogens with one attached hydrogen (secondary N) is 1. The van der Waals surface area contributed by atoms with Gasteiger partial charge >= 0.3 is 6.03 Å². The highest BCUT2D eigenvalue weighted by Crippen LogP contribution is 2.22. The lowest BCUT2D eigenvalue weighted by molar-refractivity contribution is -0.384. The van der Waals surface area contributed by atoms with Crippen LogP contribution in [-0.2, 0) is 0 Å². The van der Waals surface area contributed by atoms with E-state index in [0.717, 1.165) is 25.9 Å². The summed E-state index contributed by atoms with van der Waals surface area (Å²) >= 11 is 0. The topological polar surface area (TPSA) is 78.7 Å². The Morgan fingerprint density at radius 2 is 2.26 bits per heavy atom. The van der Waals surface area contributed by atoms with Gasteiger partial charge in [0.25, 0.3) is 5.69 Å². The molecule has 0 bridgehead atoms. The molecule has 23 heavy (non-hydrogen) atoms. The van der Waals surface area contributed by atoms with Crippen LogP contribution in [0.4, 0.5) is 16.2 Å². The Bertz CT molecular complexity index is 578. The summed E-state index contributed by atoms with van der Waals surface area (Å²) in [7, 11) is 1.78. The minimum absolute atomic E-state index is 0.0321. The SMILES string of the molecule is CCN1CC[C@@H](N(C)C(=O)Nc2cccc([N+](=O)[O-])c2)C[C@@H]1C. The van der Waals surface area contributed by atoms with Crippen molar-refractivity contribution in [2.24, 2.45) is 0 Å². The van der Waals surface area contributed by atoms with Gasteiger partial charge in [-0.25, -0.2) is 4.79 Å². The minimum atomic E-state index is -0.471. The number of amides is 2. The van der Waals surface area contributed by atoms with Gasteiger partial charge in [-0.05, 0) is 32.4 Å². The summed E-state index contributed by atoms with van der Waals surface area (Å²) in [6.07, 6.45) is 1.88. The Labute approximate surface area is 136 Å². The molecule has 2 atom stereocenters. The highest BCUT2D eigenvalue weighted by atomic mass is 16.6. The molecule has 1 saturated heterocycles. The van der Waals surface area contributed by atoms with Crippen molar-refractivity contribution in [3.8, 4) is 0 Å². The molecular formula is C16H24N4O3. The number of carbonyl (C=O) groups excluding carboxylic acids is 1. The highest BCUT2D eigenvalue weighted by molar-refractivity contribution is 5.89. The zero-order chi connectivity index (χ0) is 17.0. The van der Waals surface area contributed by atoms with Crippen LogP contribution in [0, 0.1) is 10.1 Å². The first kappa shape index (κ1) is 17.2. The molecule has 126 valence electrons. The largest absolute Gasteiger partial charge is 0.325 e. The number of urea groups is 1. The van der Waals surface area contributed by atoms with Crippen molar-refractivity contribution < 1.29 is 9.72 Å². The van der Waals surface area contributed by atoms with Crippen LogP contribution in [0.25, 0.3) is 0 Å². The Morgan fingerprint density at radius 3 is 2.87 bits per heavy atom. The molecule has 0 radical (unpaired) electrons. The molecule has 0 unspecified atom stereocenters. The summed E-state index contributed by atoms with van der Waals surface area (Å²) in [5, 5.41) is 13.5. The highest BCUT2D eigenvalue weighted by Gasteiger charge is 2.29. The average molecular weight is 320 g/mol. The van der Waals surface area contributed by atoms with Crippen LogP contribution in [0.3, 0.4) is 0 Å². The summed E-state index contributed by atoms with van der Waals surface area (Å²) in [6.45, 7) is 6.34. The van der Waals surface area contributed by atoms with Crippen molar-refractivity contribution in [3.05, 3.63) is 34.4 Å². The average Bonchev–Trinajstić information content (AvgIpc) is 2.54. The van der Waals surface area contributed by atoms with Crippen LogP contribution in [0.1, 0.15) is 26.7 Å².